The van der Waals surface area contributed by atoms with Gasteiger partial charge >= 0.3 is 11.7 Å². The molecule has 0 radical (unpaired) electrons. The van der Waals surface area contributed by atoms with Crippen molar-refractivity contribution in [2.45, 2.75) is 13.0 Å². The van der Waals surface area contributed by atoms with Gasteiger partial charge in [-0.2, -0.15) is 11.8 Å². The molecule has 6 nitrogen and oxygen atoms in total. The highest BCUT2D eigenvalue weighted by atomic mass is 32.2. The number of carboxylic acids is 1. The lowest BCUT2D eigenvalue weighted by Gasteiger charge is -2.12. The minimum atomic E-state index is -1.01. The maximum Gasteiger partial charge on any atom is 0.335 e. The molecule has 2 aromatic heterocycles. The van der Waals surface area contributed by atoms with Crippen molar-refractivity contribution in [2.75, 3.05) is 12.0 Å². The summed E-state index contributed by atoms with van der Waals surface area (Å²) < 4.78 is 3.29. The summed E-state index contributed by atoms with van der Waals surface area (Å²) in [6.45, 7) is 0.529. The average Bonchev–Trinajstić information content (AvgIpc) is 3.04. The molecule has 0 amide bonds. The minimum Gasteiger partial charge on any atom is -0.478 e. The van der Waals surface area contributed by atoms with Crippen LogP contribution in [0.25, 0.3) is 27.6 Å². The van der Waals surface area contributed by atoms with Gasteiger partial charge in [0.05, 0.1) is 22.1 Å². The first-order valence-corrected chi connectivity index (χ1v) is 9.67. The molecule has 4 aromatic rings. The lowest BCUT2D eigenvalue weighted by molar-refractivity contribution is 0.0697. The second-order valence-corrected chi connectivity index (χ2v) is 7.06. The van der Waals surface area contributed by atoms with Crippen LogP contribution in [0.5, 0.6) is 0 Å². The van der Waals surface area contributed by atoms with Gasteiger partial charge in [0.25, 0.3) is 0 Å². The van der Waals surface area contributed by atoms with Gasteiger partial charge in [-0.05, 0) is 48.8 Å². The number of para-hydroxylation sites is 2. The van der Waals surface area contributed by atoms with Crippen molar-refractivity contribution in [2.24, 2.45) is 0 Å². The normalized spacial score (nSPS) is 11.6. The summed E-state index contributed by atoms with van der Waals surface area (Å²) in [7, 11) is 0. The molecule has 0 saturated heterocycles. The number of nitrogens with zero attached hydrogens (tertiary/aromatic N) is 3. The Morgan fingerprint density at radius 2 is 2.00 bits per heavy atom. The van der Waals surface area contributed by atoms with E-state index in [0.29, 0.717) is 17.7 Å². The van der Waals surface area contributed by atoms with Gasteiger partial charge in [0.2, 0.25) is 0 Å². The fraction of sp³-hybridized carbons (Fsp3) is 0.211. The molecule has 7 heteroatoms. The number of thioether (sulfide) groups is 1. The molecule has 0 fully saturated rings. The first-order chi connectivity index (χ1) is 12.6. The Bertz CT molecular complexity index is 1210. The number of hydrogen-bond acceptors (Lipinski definition) is 4. The van der Waals surface area contributed by atoms with Crippen LogP contribution in [0.1, 0.15) is 16.8 Å². The number of fused-ring (bicyclic) bond motifs is 5. The van der Waals surface area contributed by atoms with Crippen molar-refractivity contribution in [3.8, 4) is 0 Å². The van der Waals surface area contributed by atoms with E-state index in [1.165, 1.54) is 0 Å². The van der Waals surface area contributed by atoms with Gasteiger partial charge < -0.3 is 5.11 Å². The van der Waals surface area contributed by atoms with Gasteiger partial charge in [-0.1, -0.05) is 12.1 Å². The van der Waals surface area contributed by atoms with Gasteiger partial charge in [0, 0.05) is 11.9 Å². The van der Waals surface area contributed by atoms with Crippen LogP contribution in [0.2, 0.25) is 0 Å². The minimum absolute atomic E-state index is 0.163. The van der Waals surface area contributed by atoms with Gasteiger partial charge in [-0.15, -0.1) is 0 Å². The SMILES string of the molecule is CSCCCn1c(=O)n2c3ccccc3nc2c2ccc(C(=O)O)cc21. The van der Waals surface area contributed by atoms with Gasteiger partial charge in [0.1, 0.15) is 0 Å². The third-order valence-electron chi connectivity index (χ3n) is 4.49. The van der Waals surface area contributed by atoms with Crippen molar-refractivity contribution in [3.05, 3.63) is 58.5 Å². The van der Waals surface area contributed by atoms with Crippen molar-refractivity contribution in [3.63, 3.8) is 0 Å². The highest BCUT2D eigenvalue weighted by Crippen LogP contribution is 2.23. The van der Waals surface area contributed by atoms with Crippen molar-refractivity contribution in [1.29, 1.82) is 0 Å². The van der Waals surface area contributed by atoms with Crippen molar-refractivity contribution < 1.29 is 9.90 Å². The third-order valence-corrected chi connectivity index (χ3v) is 5.19. The number of imidazole rings is 1. The number of hydrogen-bond donors (Lipinski definition) is 1. The highest BCUT2D eigenvalue weighted by Gasteiger charge is 2.16. The summed E-state index contributed by atoms with van der Waals surface area (Å²) in [5.74, 6) is -0.0849. The lowest BCUT2D eigenvalue weighted by Crippen LogP contribution is -2.27. The third kappa shape index (κ3) is 2.55. The summed E-state index contributed by atoms with van der Waals surface area (Å²) in [6, 6.07) is 12.4. The fourth-order valence-corrected chi connectivity index (χ4v) is 3.70. The standard InChI is InChI=1S/C19H17N3O3S/c1-26-10-4-9-21-16-11-12(18(23)24)7-8-13(16)17-20-14-5-2-3-6-15(14)22(17)19(21)25/h2-3,5-8,11H,4,9-10H2,1H3,(H,23,24). The van der Waals surface area contributed by atoms with Crippen molar-refractivity contribution >= 4 is 45.3 Å². The molecule has 1 N–H and O–H groups in total. The van der Waals surface area contributed by atoms with Crippen LogP contribution in [0, 0.1) is 0 Å². The van der Waals surface area contributed by atoms with Gasteiger partial charge in [-0.25, -0.2) is 19.0 Å². The van der Waals surface area contributed by atoms with Gasteiger partial charge in [-0.3, -0.25) is 4.57 Å². The van der Waals surface area contributed by atoms with E-state index in [-0.39, 0.29) is 11.3 Å². The predicted molar refractivity (Wildman–Crippen MR) is 104 cm³/mol. The van der Waals surface area contributed by atoms with E-state index in [1.807, 2.05) is 30.5 Å². The Morgan fingerprint density at radius 1 is 1.19 bits per heavy atom. The van der Waals surface area contributed by atoms with Crippen LogP contribution in [-0.4, -0.2) is 37.0 Å². The Kier molecular flexibility index (Phi) is 4.16. The smallest absolute Gasteiger partial charge is 0.335 e. The summed E-state index contributed by atoms with van der Waals surface area (Å²) in [5.41, 5.74) is 2.65. The zero-order valence-corrected chi connectivity index (χ0v) is 15.0. The Balaban J connectivity index is 2.12. The van der Waals surface area contributed by atoms with Crippen LogP contribution in [0.15, 0.2) is 47.3 Å². The van der Waals surface area contributed by atoms with E-state index in [0.717, 1.165) is 28.6 Å². The monoisotopic (exact) mass is 367 g/mol. The summed E-state index contributed by atoms with van der Waals surface area (Å²) in [5, 5.41) is 10.1. The molecule has 0 aliphatic heterocycles. The van der Waals surface area contributed by atoms with Crippen LogP contribution in [0.3, 0.4) is 0 Å². The van der Waals surface area contributed by atoms with E-state index < -0.39 is 5.97 Å². The van der Waals surface area contributed by atoms with Gasteiger partial charge in [0.15, 0.2) is 5.65 Å². The molecule has 26 heavy (non-hydrogen) atoms. The summed E-state index contributed by atoms with van der Waals surface area (Å²) in [4.78, 5) is 29.2. The number of rotatable bonds is 5. The maximum absolute atomic E-state index is 13.2. The molecular formula is C19H17N3O3S. The molecule has 2 aromatic carbocycles. The largest absolute Gasteiger partial charge is 0.478 e. The maximum atomic E-state index is 13.2. The molecule has 0 aliphatic rings. The second kappa shape index (κ2) is 6.49. The molecular weight excluding hydrogens is 350 g/mol. The number of carbonyl (C=O) groups is 1. The molecule has 2 heterocycles. The highest BCUT2D eigenvalue weighted by molar-refractivity contribution is 7.98. The fourth-order valence-electron chi connectivity index (χ4n) is 3.28. The molecule has 132 valence electrons. The summed E-state index contributed by atoms with van der Waals surface area (Å²) >= 11 is 1.72. The first-order valence-electron chi connectivity index (χ1n) is 8.28. The molecule has 0 bridgehead atoms. The van der Waals surface area contributed by atoms with E-state index in [2.05, 4.69) is 4.98 Å². The van der Waals surface area contributed by atoms with E-state index >= 15 is 0 Å². The Labute approximate surface area is 153 Å². The predicted octanol–water partition coefficient (Wildman–Crippen LogP) is 3.25. The zero-order chi connectivity index (χ0) is 18.3. The van der Waals surface area contributed by atoms with Crippen molar-refractivity contribution in [1.82, 2.24) is 14.0 Å². The number of benzene rings is 2. The quantitative estimate of drug-likeness (QED) is 0.548. The van der Waals surface area contributed by atoms with E-state index in [1.54, 1.807) is 38.9 Å². The molecule has 0 unspecified atom stereocenters. The summed E-state index contributed by atoms with van der Waals surface area (Å²) in [6.07, 6.45) is 2.85. The molecule has 4 rings (SSSR count). The molecule has 0 spiro atoms. The Morgan fingerprint density at radius 3 is 2.77 bits per heavy atom. The van der Waals surface area contributed by atoms with Crippen LogP contribution in [0.4, 0.5) is 0 Å². The first kappa shape index (κ1) is 16.7. The van der Waals surface area contributed by atoms with E-state index in [9.17, 15) is 14.7 Å². The number of carboxylic acid groups (broad SMARTS) is 1. The molecule has 0 atom stereocenters. The molecule has 0 saturated carbocycles. The zero-order valence-electron chi connectivity index (χ0n) is 14.2. The number of aromatic carboxylic acids is 1. The lowest BCUT2D eigenvalue weighted by atomic mass is 10.1. The van der Waals surface area contributed by atoms with Crippen LogP contribution >= 0.6 is 11.8 Å². The van der Waals surface area contributed by atoms with Crippen LogP contribution in [-0.2, 0) is 6.54 Å². The topological polar surface area (TPSA) is 76.6 Å². The average molecular weight is 367 g/mol. The Hall–Kier alpha value is -2.80. The number of aryl methyl sites for hydroxylation is 1. The van der Waals surface area contributed by atoms with E-state index in [4.69, 9.17) is 0 Å². The molecule has 0 aliphatic carbocycles. The van der Waals surface area contributed by atoms with Crippen LogP contribution < -0.4 is 5.69 Å². The number of aromatic nitrogens is 3. The second-order valence-electron chi connectivity index (χ2n) is 6.08.